The van der Waals surface area contributed by atoms with E-state index in [-0.39, 0.29) is 23.2 Å². The molecule has 0 radical (unpaired) electrons. The predicted molar refractivity (Wildman–Crippen MR) is 89.1 cm³/mol. The first-order valence-electron chi connectivity index (χ1n) is 6.59. The van der Waals surface area contributed by atoms with Crippen molar-refractivity contribution in [3.8, 4) is 0 Å². The molecule has 0 spiro atoms. The summed E-state index contributed by atoms with van der Waals surface area (Å²) >= 11 is 5.10. The molecule has 2 N–H and O–H groups in total. The third-order valence-electron chi connectivity index (χ3n) is 3.63. The lowest BCUT2D eigenvalue weighted by Crippen LogP contribution is -2.35. The van der Waals surface area contributed by atoms with Crippen molar-refractivity contribution in [3.05, 3.63) is 39.8 Å². The molecule has 7 heteroatoms. The molecule has 1 aromatic carbocycles. The topological polar surface area (TPSA) is 68.0 Å². The number of benzene rings is 1. The van der Waals surface area contributed by atoms with Gasteiger partial charge in [-0.1, -0.05) is 11.6 Å². The molecule has 1 fully saturated rings. The van der Waals surface area contributed by atoms with E-state index in [1.165, 1.54) is 0 Å². The fraction of sp³-hybridized carbons (Fsp3) is 0.357. The van der Waals surface area contributed by atoms with E-state index in [1.807, 2.05) is 0 Å². The first kappa shape index (κ1) is 16.6. The van der Waals surface area contributed by atoms with Crippen LogP contribution in [0.5, 0.6) is 0 Å². The molecular formula is C14H16Cl2N2O2S. The molecule has 4 nitrogen and oxygen atoms in total. The highest BCUT2D eigenvalue weighted by atomic mass is 35.5. The van der Waals surface area contributed by atoms with Crippen molar-refractivity contribution in [2.45, 2.75) is 23.0 Å². The monoisotopic (exact) mass is 346 g/mol. The maximum atomic E-state index is 12.7. The van der Waals surface area contributed by atoms with Gasteiger partial charge in [0.2, 0.25) is 0 Å². The quantitative estimate of drug-likeness (QED) is 0.820. The molecule has 0 saturated carbocycles. The minimum atomic E-state index is -1.13. The van der Waals surface area contributed by atoms with Gasteiger partial charge in [-0.05, 0) is 41.8 Å². The van der Waals surface area contributed by atoms with Crippen molar-refractivity contribution in [1.82, 2.24) is 10.3 Å². The third kappa shape index (κ3) is 3.38. The number of halogens is 2. The zero-order valence-corrected chi connectivity index (χ0v) is 13.6. The SMILES string of the molecule is Cl.O=c1[nH]ccc2cc([S+]([O-])C3CCNCC3)c(Cl)cc12. The zero-order valence-electron chi connectivity index (χ0n) is 11.2. The Labute approximate surface area is 136 Å². The maximum absolute atomic E-state index is 12.7. The van der Waals surface area contributed by atoms with Crippen LogP contribution < -0.4 is 10.9 Å². The Balaban J connectivity index is 0.00000161. The van der Waals surface area contributed by atoms with E-state index in [0.717, 1.165) is 31.3 Å². The van der Waals surface area contributed by atoms with E-state index in [2.05, 4.69) is 10.3 Å². The van der Waals surface area contributed by atoms with Crippen LogP contribution in [0, 0.1) is 0 Å². The number of fused-ring (bicyclic) bond motifs is 1. The molecule has 0 amide bonds. The molecular weight excluding hydrogens is 331 g/mol. The Hall–Kier alpha value is -0.720. The normalized spacial score (nSPS) is 17.4. The average Bonchev–Trinajstić information content (AvgIpc) is 2.48. The van der Waals surface area contributed by atoms with E-state index in [4.69, 9.17) is 11.6 Å². The van der Waals surface area contributed by atoms with Crippen molar-refractivity contribution >= 4 is 46.0 Å². The molecule has 2 heterocycles. The molecule has 1 unspecified atom stereocenters. The van der Waals surface area contributed by atoms with Crippen LogP contribution in [0.15, 0.2) is 34.1 Å². The maximum Gasteiger partial charge on any atom is 0.255 e. The van der Waals surface area contributed by atoms with Crippen LogP contribution in [0.25, 0.3) is 10.8 Å². The molecule has 1 aromatic heterocycles. The Morgan fingerprint density at radius 1 is 1.29 bits per heavy atom. The van der Waals surface area contributed by atoms with Gasteiger partial charge in [0.1, 0.15) is 5.25 Å². The molecule has 0 bridgehead atoms. The van der Waals surface area contributed by atoms with Gasteiger partial charge in [-0.2, -0.15) is 0 Å². The van der Waals surface area contributed by atoms with Crippen LogP contribution in [0.4, 0.5) is 0 Å². The number of pyridine rings is 1. The molecule has 3 rings (SSSR count). The van der Waals surface area contributed by atoms with Crippen molar-refractivity contribution in [1.29, 1.82) is 0 Å². The predicted octanol–water partition coefficient (Wildman–Crippen LogP) is 2.46. The second kappa shape index (κ2) is 7.03. The highest BCUT2D eigenvalue weighted by Gasteiger charge is 2.28. The minimum absolute atomic E-state index is 0. The molecule has 0 aliphatic carbocycles. The van der Waals surface area contributed by atoms with Crippen molar-refractivity contribution in [2.24, 2.45) is 0 Å². The van der Waals surface area contributed by atoms with Gasteiger partial charge in [0, 0.05) is 30.5 Å². The highest BCUT2D eigenvalue weighted by Crippen LogP contribution is 2.31. The molecule has 1 saturated heterocycles. The molecule has 1 aliphatic heterocycles. The van der Waals surface area contributed by atoms with E-state index in [1.54, 1.807) is 24.4 Å². The summed E-state index contributed by atoms with van der Waals surface area (Å²) in [6.45, 7) is 1.78. The number of nitrogens with one attached hydrogen (secondary N) is 2. The number of piperidine rings is 1. The van der Waals surface area contributed by atoms with Crippen LogP contribution in [-0.4, -0.2) is 27.9 Å². The van der Waals surface area contributed by atoms with Crippen LogP contribution in [-0.2, 0) is 11.2 Å². The standard InChI is InChI=1S/C14H15ClN2O2S.ClH/c15-12-8-11-9(1-6-17-14(11)18)7-13(12)20(19)10-2-4-16-5-3-10;/h1,6-8,10,16H,2-5H2,(H,17,18);1H. The summed E-state index contributed by atoms with van der Waals surface area (Å²) in [7, 11) is 0. The Morgan fingerprint density at radius 3 is 2.71 bits per heavy atom. The van der Waals surface area contributed by atoms with Gasteiger partial charge < -0.3 is 14.9 Å². The van der Waals surface area contributed by atoms with Gasteiger partial charge in [-0.15, -0.1) is 12.4 Å². The summed E-state index contributed by atoms with van der Waals surface area (Å²) in [5.41, 5.74) is -0.177. The van der Waals surface area contributed by atoms with Crippen LogP contribution in [0.3, 0.4) is 0 Å². The number of aromatic amines is 1. The largest absolute Gasteiger partial charge is 0.611 e. The summed E-state index contributed by atoms with van der Waals surface area (Å²) in [6, 6.07) is 5.20. The van der Waals surface area contributed by atoms with Gasteiger partial charge in [0.15, 0.2) is 4.90 Å². The molecule has 2 aromatic rings. The minimum Gasteiger partial charge on any atom is -0.611 e. The van der Waals surface area contributed by atoms with Crippen LogP contribution in [0.1, 0.15) is 12.8 Å². The summed E-state index contributed by atoms with van der Waals surface area (Å²) in [4.78, 5) is 15.0. The summed E-state index contributed by atoms with van der Waals surface area (Å²) in [6.07, 6.45) is 3.36. The summed E-state index contributed by atoms with van der Waals surface area (Å²) < 4.78 is 12.7. The zero-order chi connectivity index (χ0) is 14.1. The fourth-order valence-corrected chi connectivity index (χ4v) is 4.44. The Kier molecular flexibility index (Phi) is 5.57. The third-order valence-corrected chi connectivity index (χ3v) is 5.90. The van der Waals surface area contributed by atoms with E-state index in [9.17, 15) is 9.35 Å². The number of aromatic nitrogens is 1. The van der Waals surface area contributed by atoms with E-state index >= 15 is 0 Å². The van der Waals surface area contributed by atoms with Crippen LogP contribution in [0.2, 0.25) is 5.02 Å². The number of hydrogen-bond acceptors (Lipinski definition) is 3. The van der Waals surface area contributed by atoms with E-state index < -0.39 is 11.2 Å². The molecule has 21 heavy (non-hydrogen) atoms. The second-order valence-electron chi connectivity index (χ2n) is 4.92. The van der Waals surface area contributed by atoms with Gasteiger partial charge in [-0.25, -0.2) is 0 Å². The van der Waals surface area contributed by atoms with Gasteiger partial charge in [0.25, 0.3) is 5.56 Å². The van der Waals surface area contributed by atoms with Crippen molar-refractivity contribution < 1.29 is 4.55 Å². The Bertz CT molecular complexity index is 686. The molecule has 114 valence electrons. The molecule has 1 aliphatic rings. The van der Waals surface area contributed by atoms with Crippen molar-refractivity contribution in [2.75, 3.05) is 13.1 Å². The summed E-state index contributed by atoms with van der Waals surface area (Å²) in [5, 5.41) is 5.11. The Morgan fingerprint density at radius 2 is 2.00 bits per heavy atom. The number of H-pyrrole nitrogens is 1. The first-order chi connectivity index (χ1) is 9.66. The lowest BCUT2D eigenvalue weighted by Gasteiger charge is -2.25. The first-order valence-corrected chi connectivity index (χ1v) is 8.18. The smallest absolute Gasteiger partial charge is 0.255 e. The van der Waals surface area contributed by atoms with Crippen molar-refractivity contribution in [3.63, 3.8) is 0 Å². The number of rotatable bonds is 2. The van der Waals surface area contributed by atoms with Crippen LogP contribution >= 0.6 is 24.0 Å². The fourth-order valence-electron chi connectivity index (χ4n) is 2.53. The van der Waals surface area contributed by atoms with E-state index in [0.29, 0.717) is 15.3 Å². The van der Waals surface area contributed by atoms with Gasteiger partial charge >= 0.3 is 0 Å². The summed E-state index contributed by atoms with van der Waals surface area (Å²) in [5.74, 6) is 0. The second-order valence-corrected chi connectivity index (χ2v) is 7.03. The lowest BCUT2D eigenvalue weighted by molar-refractivity contribution is 0.496. The van der Waals surface area contributed by atoms with Gasteiger partial charge in [-0.3, -0.25) is 4.79 Å². The highest BCUT2D eigenvalue weighted by molar-refractivity contribution is 7.92. The van der Waals surface area contributed by atoms with Gasteiger partial charge in [0.05, 0.1) is 5.02 Å². The lowest BCUT2D eigenvalue weighted by atomic mass is 10.2. The average molecular weight is 347 g/mol. The number of hydrogen-bond donors (Lipinski definition) is 2. The molecule has 1 atom stereocenters.